The molecule has 0 aromatic carbocycles. The molecule has 2 heteroatoms. The second-order valence-corrected chi connectivity index (χ2v) is 5.16. The van der Waals surface area contributed by atoms with Gasteiger partial charge in [0.15, 0.2) is 0 Å². The molecule has 1 aliphatic carbocycles. The Labute approximate surface area is 80.7 Å². The van der Waals surface area contributed by atoms with Gasteiger partial charge in [-0.3, -0.25) is 0 Å². The van der Waals surface area contributed by atoms with Gasteiger partial charge < -0.3 is 10.2 Å². The van der Waals surface area contributed by atoms with Crippen LogP contribution in [-0.2, 0) is 0 Å². The molecule has 2 saturated heterocycles. The largest absolute Gasteiger partial charge is 0.311 e. The summed E-state index contributed by atoms with van der Waals surface area (Å²) >= 11 is 0. The molecule has 2 aliphatic heterocycles. The molecule has 3 rings (SSSR count). The zero-order valence-electron chi connectivity index (χ0n) is 8.50. The molecule has 2 bridgehead atoms. The van der Waals surface area contributed by atoms with Crippen molar-refractivity contribution >= 4 is 0 Å². The molecule has 0 spiro atoms. The van der Waals surface area contributed by atoms with Crippen LogP contribution < -0.4 is 5.32 Å². The highest BCUT2D eigenvalue weighted by atomic mass is 15.2. The first-order chi connectivity index (χ1) is 6.33. The van der Waals surface area contributed by atoms with Crippen molar-refractivity contribution in [3.05, 3.63) is 0 Å². The normalized spacial score (nSPS) is 45.5. The summed E-state index contributed by atoms with van der Waals surface area (Å²) in [7, 11) is 2.32. The zero-order chi connectivity index (χ0) is 8.84. The standard InChI is InChI=1S/C11H20N2/c1-13-10-4-5-11(13)7-9(6-10)12-8-2-3-8/h8-12H,2-7H2,1H3. The van der Waals surface area contributed by atoms with Gasteiger partial charge in [-0.15, -0.1) is 0 Å². The fraction of sp³-hybridized carbons (Fsp3) is 1.00. The van der Waals surface area contributed by atoms with E-state index >= 15 is 0 Å². The summed E-state index contributed by atoms with van der Waals surface area (Å²) in [6, 6.07) is 3.54. The Morgan fingerprint density at radius 2 is 1.54 bits per heavy atom. The molecule has 0 amide bonds. The molecule has 0 radical (unpaired) electrons. The first-order valence-electron chi connectivity index (χ1n) is 5.81. The number of nitrogens with one attached hydrogen (secondary N) is 1. The maximum absolute atomic E-state index is 3.79. The van der Waals surface area contributed by atoms with E-state index in [0.717, 1.165) is 24.2 Å². The Hall–Kier alpha value is -0.0800. The van der Waals surface area contributed by atoms with Gasteiger partial charge in [-0.2, -0.15) is 0 Å². The van der Waals surface area contributed by atoms with Gasteiger partial charge in [-0.1, -0.05) is 0 Å². The molecule has 13 heavy (non-hydrogen) atoms. The fourth-order valence-electron chi connectivity index (χ4n) is 3.13. The maximum Gasteiger partial charge on any atom is 0.0111 e. The highest BCUT2D eigenvalue weighted by molar-refractivity contribution is 4.98. The van der Waals surface area contributed by atoms with Crippen LogP contribution in [0.1, 0.15) is 38.5 Å². The van der Waals surface area contributed by atoms with Crippen molar-refractivity contribution in [2.75, 3.05) is 7.05 Å². The lowest BCUT2D eigenvalue weighted by molar-refractivity contribution is 0.148. The third kappa shape index (κ3) is 1.50. The third-order valence-corrected chi connectivity index (χ3v) is 4.15. The molecule has 2 nitrogen and oxygen atoms in total. The maximum atomic E-state index is 3.79. The van der Waals surface area contributed by atoms with Crippen LogP contribution in [0.2, 0.25) is 0 Å². The molecular formula is C11H20N2. The van der Waals surface area contributed by atoms with Crippen LogP contribution in [-0.4, -0.2) is 36.1 Å². The van der Waals surface area contributed by atoms with Gasteiger partial charge in [0, 0.05) is 24.2 Å². The van der Waals surface area contributed by atoms with Gasteiger partial charge in [-0.05, 0) is 45.6 Å². The topological polar surface area (TPSA) is 15.3 Å². The molecule has 1 N–H and O–H groups in total. The monoisotopic (exact) mass is 180 g/mol. The van der Waals surface area contributed by atoms with Gasteiger partial charge in [0.25, 0.3) is 0 Å². The Balaban J connectivity index is 1.61. The van der Waals surface area contributed by atoms with Crippen molar-refractivity contribution in [1.82, 2.24) is 10.2 Å². The second kappa shape index (κ2) is 2.96. The quantitative estimate of drug-likeness (QED) is 0.690. The fourth-order valence-corrected chi connectivity index (χ4v) is 3.13. The number of fused-ring (bicyclic) bond motifs is 2. The average molecular weight is 180 g/mol. The Bertz CT molecular complexity index is 186. The highest BCUT2D eigenvalue weighted by Gasteiger charge is 2.39. The van der Waals surface area contributed by atoms with Crippen molar-refractivity contribution in [2.24, 2.45) is 0 Å². The molecule has 0 aromatic rings. The predicted molar refractivity (Wildman–Crippen MR) is 53.8 cm³/mol. The minimum absolute atomic E-state index is 0.848. The minimum atomic E-state index is 0.848. The van der Waals surface area contributed by atoms with Gasteiger partial charge in [0.05, 0.1) is 0 Å². The van der Waals surface area contributed by atoms with Gasteiger partial charge >= 0.3 is 0 Å². The molecule has 2 atom stereocenters. The van der Waals surface area contributed by atoms with Crippen LogP contribution in [0.5, 0.6) is 0 Å². The Morgan fingerprint density at radius 1 is 0.923 bits per heavy atom. The van der Waals surface area contributed by atoms with Crippen molar-refractivity contribution in [2.45, 2.75) is 62.7 Å². The van der Waals surface area contributed by atoms with E-state index in [1.165, 1.54) is 38.5 Å². The molecule has 2 unspecified atom stereocenters. The van der Waals surface area contributed by atoms with Crippen LogP contribution in [0, 0.1) is 0 Å². The molecule has 1 saturated carbocycles. The highest BCUT2D eigenvalue weighted by Crippen LogP contribution is 2.35. The predicted octanol–water partition coefficient (Wildman–Crippen LogP) is 1.36. The SMILES string of the molecule is CN1C2CCC1CC(NC1CC1)C2. The number of nitrogens with zero attached hydrogens (tertiary/aromatic N) is 1. The lowest BCUT2D eigenvalue weighted by Crippen LogP contribution is -2.47. The number of hydrogen-bond acceptors (Lipinski definition) is 2. The third-order valence-electron chi connectivity index (χ3n) is 4.15. The summed E-state index contributed by atoms with van der Waals surface area (Å²) in [5, 5.41) is 3.79. The number of hydrogen-bond donors (Lipinski definition) is 1. The molecule has 74 valence electrons. The van der Waals surface area contributed by atoms with Crippen LogP contribution in [0.25, 0.3) is 0 Å². The van der Waals surface area contributed by atoms with Crippen molar-refractivity contribution in [1.29, 1.82) is 0 Å². The summed E-state index contributed by atoms with van der Waals surface area (Å²) in [6.07, 6.45) is 8.57. The van der Waals surface area contributed by atoms with Crippen LogP contribution in [0.15, 0.2) is 0 Å². The van der Waals surface area contributed by atoms with Crippen LogP contribution in [0.3, 0.4) is 0 Å². The summed E-state index contributed by atoms with van der Waals surface area (Å²) in [6.45, 7) is 0. The summed E-state index contributed by atoms with van der Waals surface area (Å²) in [4.78, 5) is 2.62. The first-order valence-corrected chi connectivity index (χ1v) is 5.81. The Morgan fingerprint density at radius 3 is 2.08 bits per heavy atom. The average Bonchev–Trinajstić information content (AvgIpc) is 2.87. The van der Waals surface area contributed by atoms with Crippen LogP contribution in [0.4, 0.5) is 0 Å². The van der Waals surface area contributed by atoms with E-state index in [0.29, 0.717) is 0 Å². The summed E-state index contributed by atoms with van der Waals surface area (Å²) in [5.74, 6) is 0. The Kier molecular flexibility index (Phi) is 1.88. The second-order valence-electron chi connectivity index (χ2n) is 5.16. The lowest BCUT2D eigenvalue weighted by Gasteiger charge is -2.36. The number of rotatable bonds is 2. The van der Waals surface area contributed by atoms with E-state index in [1.54, 1.807) is 0 Å². The molecule has 3 aliphatic rings. The van der Waals surface area contributed by atoms with E-state index in [2.05, 4.69) is 17.3 Å². The van der Waals surface area contributed by atoms with Crippen molar-refractivity contribution < 1.29 is 0 Å². The molecular weight excluding hydrogens is 160 g/mol. The van der Waals surface area contributed by atoms with Crippen molar-refractivity contribution in [3.8, 4) is 0 Å². The molecule has 2 heterocycles. The summed E-state index contributed by atoms with van der Waals surface area (Å²) < 4.78 is 0. The molecule has 0 aromatic heterocycles. The van der Waals surface area contributed by atoms with Crippen molar-refractivity contribution in [3.63, 3.8) is 0 Å². The van der Waals surface area contributed by atoms with Gasteiger partial charge in [-0.25, -0.2) is 0 Å². The van der Waals surface area contributed by atoms with Gasteiger partial charge in [0.1, 0.15) is 0 Å². The zero-order valence-corrected chi connectivity index (χ0v) is 8.50. The number of piperidine rings is 1. The minimum Gasteiger partial charge on any atom is -0.311 e. The lowest BCUT2D eigenvalue weighted by atomic mass is 9.98. The van der Waals surface area contributed by atoms with Gasteiger partial charge in [0.2, 0.25) is 0 Å². The summed E-state index contributed by atoms with van der Waals surface area (Å²) in [5.41, 5.74) is 0. The first kappa shape index (κ1) is 8.25. The molecule has 3 fully saturated rings. The van der Waals surface area contributed by atoms with E-state index in [4.69, 9.17) is 0 Å². The van der Waals surface area contributed by atoms with E-state index < -0.39 is 0 Å². The smallest absolute Gasteiger partial charge is 0.0111 e. The van der Waals surface area contributed by atoms with E-state index in [9.17, 15) is 0 Å². The van der Waals surface area contributed by atoms with Crippen LogP contribution >= 0.6 is 0 Å². The van der Waals surface area contributed by atoms with E-state index in [1.807, 2.05) is 0 Å². The van der Waals surface area contributed by atoms with E-state index in [-0.39, 0.29) is 0 Å².